The van der Waals surface area contributed by atoms with Crippen LogP contribution in [0.5, 0.6) is 0 Å². The summed E-state index contributed by atoms with van der Waals surface area (Å²) in [6.07, 6.45) is 1.61. The van der Waals surface area contributed by atoms with Gasteiger partial charge in [-0.25, -0.2) is 4.39 Å². The van der Waals surface area contributed by atoms with Gasteiger partial charge in [-0.15, -0.1) is 11.8 Å². The average molecular weight is 238 g/mol. The number of halogens is 1. The quantitative estimate of drug-likeness (QED) is 0.830. The van der Waals surface area contributed by atoms with Gasteiger partial charge in [0.15, 0.2) is 0 Å². The van der Waals surface area contributed by atoms with Crippen molar-refractivity contribution in [3.05, 3.63) is 53.7 Å². The molecule has 2 rings (SSSR count). The van der Waals surface area contributed by atoms with Crippen molar-refractivity contribution >= 4 is 11.8 Å². The van der Waals surface area contributed by atoms with Crippen LogP contribution >= 0.6 is 11.8 Å². The van der Waals surface area contributed by atoms with Crippen molar-refractivity contribution in [3.8, 4) is 0 Å². The molecule has 1 N–H and O–H groups in total. The molecule has 0 spiro atoms. The Morgan fingerprint density at radius 3 is 2.88 bits per heavy atom. The SMILES string of the molecule is OCc1cc(F)cc(SCc2ccco2)c1. The first-order chi connectivity index (χ1) is 7.78. The number of hydrogen-bond donors (Lipinski definition) is 1. The number of hydrogen-bond acceptors (Lipinski definition) is 3. The average Bonchev–Trinajstić information content (AvgIpc) is 2.78. The van der Waals surface area contributed by atoms with E-state index in [1.807, 2.05) is 12.1 Å². The fraction of sp³-hybridized carbons (Fsp3) is 0.167. The molecule has 84 valence electrons. The van der Waals surface area contributed by atoms with E-state index >= 15 is 0 Å². The van der Waals surface area contributed by atoms with E-state index in [1.54, 1.807) is 12.3 Å². The number of thioether (sulfide) groups is 1. The van der Waals surface area contributed by atoms with Crippen molar-refractivity contribution in [2.24, 2.45) is 0 Å². The van der Waals surface area contributed by atoms with Crippen LogP contribution in [0.4, 0.5) is 4.39 Å². The molecule has 0 amide bonds. The summed E-state index contributed by atoms with van der Waals surface area (Å²) in [6, 6.07) is 8.25. The van der Waals surface area contributed by atoms with Crippen molar-refractivity contribution in [1.82, 2.24) is 0 Å². The lowest BCUT2D eigenvalue weighted by Crippen LogP contribution is -1.87. The Balaban J connectivity index is 2.06. The van der Waals surface area contributed by atoms with E-state index in [4.69, 9.17) is 9.52 Å². The number of aliphatic hydroxyl groups is 1. The van der Waals surface area contributed by atoms with Crippen LogP contribution in [-0.2, 0) is 12.4 Å². The number of furan rings is 1. The fourth-order valence-electron chi connectivity index (χ4n) is 1.34. The van der Waals surface area contributed by atoms with Gasteiger partial charge in [0, 0.05) is 4.90 Å². The van der Waals surface area contributed by atoms with Gasteiger partial charge in [0.05, 0.1) is 18.6 Å². The third-order valence-electron chi connectivity index (χ3n) is 2.07. The highest BCUT2D eigenvalue weighted by atomic mass is 32.2. The fourth-order valence-corrected chi connectivity index (χ4v) is 2.25. The molecule has 0 bridgehead atoms. The molecule has 0 radical (unpaired) electrons. The molecule has 4 heteroatoms. The van der Waals surface area contributed by atoms with Crippen molar-refractivity contribution in [3.63, 3.8) is 0 Å². The van der Waals surface area contributed by atoms with Gasteiger partial charge in [-0.2, -0.15) is 0 Å². The van der Waals surface area contributed by atoms with Gasteiger partial charge in [-0.1, -0.05) is 0 Å². The summed E-state index contributed by atoms with van der Waals surface area (Å²) in [5.74, 6) is 1.18. The minimum atomic E-state index is -0.325. The van der Waals surface area contributed by atoms with Crippen LogP contribution in [0, 0.1) is 5.82 Å². The van der Waals surface area contributed by atoms with Crippen molar-refractivity contribution in [2.75, 3.05) is 0 Å². The lowest BCUT2D eigenvalue weighted by Gasteiger charge is -2.03. The van der Waals surface area contributed by atoms with Crippen LogP contribution in [0.2, 0.25) is 0 Å². The zero-order valence-electron chi connectivity index (χ0n) is 8.52. The zero-order valence-corrected chi connectivity index (χ0v) is 9.34. The van der Waals surface area contributed by atoms with E-state index in [1.165, 1.54) is 23.9 Å². The maximum absolute atomic E-state index is 13.1. The highest BCUT2D eigenvalue weighted by Crippen LogP contribution is 2.25. The summed E-state index contributed by atoms with van der Waals surface area (Å²) in [5, 5.41) is 8.94. The third kappa shape index (κ3) is 2.87. The minimum Gasteiger partial charge on any atom is -0.468 e. The predicted octanol–water partition coefficient (Wildman–Crippen LogP) is 3.20. The van der Waals surface area contributed by atoms with Gasteiger partial charge >= 0.3 is 0 Å². The number of aliphatic hydroxyl groups excluding tert-OH is 1. The topological polar surface area (TPSA) is 33.4 Å². The summed E-state index contributed by atoms with van der Waals surface area (Å²) in [4.78, 5) is 0.792. The first-order valence-corrected chi connectivity index (χ1v) is 5.82. The van der Waals surface area contributed by atoms with Gasteiger partial charge in [0.1, 0.15) is 11.6 Å². The molecular formula is C12H11FO2S. The van der Waals surface area contributed by atoms with Gasteiger partial charge in [-0.05, 0) is 35.9 Å². The Morgan fingerprint density at radius 1 is 1.31 bits per heavy atom. The lowest BCUT2D eigenvalue weighted by molar-refractivity contribution is 0.281. The summed E-state index contributed by atoms with van der Waals surface area (Å²) >= 11 is 1.48. The van der Waals surface area contributed by atoms with E-state index in [0.717, 1.165) is 10.7 Å². The van der Waals surface area contributed by atoms with Crippen LogP contribution in [0.25, 0.3) is 0 Å². The number of rotatable bonds is 4. The van der Waals surface area contributed by atoms with Crippen molar-refractivity contribution in [1.29, 1.82) is 0 Å². The Bertz CT molecular complexity index is 454. The second-order valence-corrected chi connectivity index (χ2v) is 4.37. The first kappa shape index (κ1) is 11.2. The van der Waals surface area contributed by atoms with E-state index < -0.39 is 0 Å². The Hall–Kier alpha value is -1.26. The first-order valence-electron chi connectivity index (χ1n) is 4.83. The van der Waals surface area contributed by atoms with Crippen LogP contribution < -0.4 is 0 Å². The summed E-state index contributed by atoms with van der Waals surface area (Å²) in [5.41, 5.74) is 0.585. The van der Waals surface area contributed by atoms with E-state index in [2.05, 4.69) is 0 Å². The smallest absolute Gasteiger partial charge is 0.124 e. The molecule has 1 aromatic carbocycles. The largest absolute Gasteiger partial charge is 0.468 e. The second kappa shape index (κ2) is 5.18. The van der Waals surface area contributed by atoms with E-state index in [9.17, 15) is 4.39 Å². The highest BCUT2D eigenvalue weighted by Gasteiger charge is 2.02. The molecule has 1 aromatic heterocycles. The summed E-state index contributed by atoms with van der Waals surface area (Å²) in [7, 11) is 0. The monoisotopic (exact) mass is 238 g/mol. The third-order valence-corrected chi connectivity index (χ3v) is 3.07. The van der Waals surface area contributed by atoms with E-state index in [-0.39, 0.29) is 12.4 Å². The van der Waals surface area contributed by atoms with Crippen LogP contribution in [0.3, 0.4) is 0 Å². The summed E-state index contributed by atoms with van der Waals surface area (Å²) < 4.78 is 18.3. The predicted molar refractivity (Wildman–Crippen MR) is 60.6 cm³/mol. The van der Waals surface area contributed by atoms with Gasteiger partial charge < -0.3 is 9.52 Å². The molecule has 0 aliphatic rings. The lowest BCUT2D eigenvalue weighted by atomic mass is 10.2. The Kier molecular flexibility index (Phi) is 3.64. The molecule has 0 saturated heterocycles. The van der Waals surface area contributed by atoms with Gasteiger partial charge in [0.25, 0.3) is 0 Å². The summed E-state index contributed by atoms with van der Waals surface area (Å²) in [6.45, 7) is -0.147. The Labute approximate surface area is 97.1 Å². The molecule has 2 nitrogen and oxygen atoms in total. The van der Waals surface area contributed by atoms with Crippen molar-refractivity contribution in [2.45, 2.75) is 17.3 Å². The Morgan fingerprint density at radius 2 is 2.19 bits per heavy atom. The molecule has 0 aliphatic carbocycles. The number of benzene rings is 1. The highest BCUT2D eigenvalue weighted by molar-refractivity contribution is 7.98. The molecule has 0 unspecified atom stereocenters. The van der Waals surface area contributed by atoms with E-state index in [0.29, 0.717) is 11.3 Å². The molecule has 0 saturated carbocycles. The van der Waals surface area contributed by atoms with Gasteiger partial charge in [-0.3, -0.25) is 0 Å². The molecule has 0 fully saturated rings. The molecule has 2 aromatic rings. The maximum Gasteiger partial charge on any atom is 0.124 e. The molecule has 0 aliphatic heterocycles. The van der Waals surface area contributed by atoms with Crippen LogP contribution in [-0.4, -0.2) is 5.11 Å². The maximum atomic E-state index is 13.1. The van der Waals surface area contributed by atoms with Crippen LogP contribution in [0.1, 0.15) is 11.3 Å². The molecular weight excluding hydrogens is 227 g/mol. The minimum absolute atomic E-state index is 0.147. The molecule has 1 heterocycles. The standard InChI is InChI=1S/C12H11FO2S/c13-10-4-9(7-14)5-12(6-10)16-8-11-2-1-3-15-11/h1-6,14H,7-8H2. The molecule has 0 atom stereocenters. The normalized spacial score (nSPS) is 10.6. The second-order valence-electron chi connectivity index (χ2n) is 3.32. The van der Waals surface area contributed by atoms with Gasteiger partial charge in [0.2, 0.25) is 0 Å². The molecule has 16 heavy (non-hydrogen) atoms. The van der Waals surface area contributed by atoms with Crippen molar-refractivity contribution < 1.29 is 13.9 Å². The zero-order chi connectivity index (χ0) is 11.4. The van der Waals surface area contributed by atoms with Crippen LogP contribution in [0.15, 0.2) is 45.9 Å².